The van der Waals surface area contributed by atoms with Gasteiger partial charge in [-0.05, 0) is 54.6 Å². The molecule has 0 saturated carbocycles. The van der Waals surface area contributed by atoms with Gasteiger partial charge in [-0.2, -0.15) is 0 Å². The van der Waals surface area contributed by atoms with Crippen molar-refractivity contribution in [2.45, 2.75) is 9.79 Å². The van der Waals surface area contributed by atoms with E-state index < -0.39 is 0 Å². The van der Waals surface area contributed by atoms with E-state index in [9.17, 15) is 0 Å². The van der Waals surface area contributed by atoms with Gasteiger partial charge in [0.2, 0.25) is 0 Å². The van der Waals surface area contributed by atoms with Crippen LogP contribution >= 0.6 is 27.7 Å². The minimum absolute atomic E-state index is 0.865. The molecule has 2 nitrogen and oxygen atoms in total. The molecule has 1 aliphatic rings. The molecule has 3 aromatic rings. The molecule has 0 aromatic heterocycles. The fourth-order valence-corrected chi connectivity index (χ4v) is 4.35. The molecule has 1 aliphatic heterocycles. The standard InChI is InChI=1S/C19H14BrNOS/c1-22-15-9-7-14(8-10-15)21-16-4-2-3-5-18(16)23-19-12-13(20)6-11-17(19)21/h2-12H,1H3. The normalized spacial score (nSPS) is 12.5. The van der Waals surface area contributed by atoms with Crippen molar-refractivity contribution in [2.24, 2.45) is 0 Å². The maximum Gasteiger partial charge on any atom is 0.119 e. The average Bonchev–Trinajstić information content (AvgIpc) is 2.59. The zero-order valence-electron chi connectivity index (χ0n) is 12.5. The molecule has 0 fully saturated rings. The topological polar surface area (TPSA) is 12.5 Å². The second kappa shape index (κ2) is 5.95. The Balaban J connectivity index is 1.90. The number of halogens is 1. The van der Waals surface area contributed by atoms with Crippen LogP contribution in [0.4, 0.5) is 17.1 Å². The number of methoxy groups -OCH3 is 1. The molecule has 0 aliphatic carbocycles. The van der Waals surface area contributed by atoms with Gasteiger partial charge in [0.25, 0.3) is 0 Å². The van der Waals surface area contributed by atoms with Crippen LogP contribution in [0.5, 0.6) is 5.75 Å². The number of hydrogen-bond acceptors (Lipinski definition) is 3. The summed E-state index contributed by atoms with van der Waals surface area (Å²) in [5.74, 6) is 0.865. The van der Waals surface area contributed by atoms with Crippen molar-refractivity contribution in [2.75, 3.05) is 12.0 Å². The molecular formula is C19H14BrNOS. The molecular weight excluding hydrogens is 370 g/mol. The van der Waals surface area contributed by atoms with E-state index in [4.69, 9.17) is 4.74 Å². The molecule has 4 heteroatoms. The molecule has 3 aromatic carbocycles. The molecule has 4 rings (SSSR count). The lowest BCUT2D eigenvalue weighted by Crippen LogP contribution is -2.14. The Bertz CT molecular complexity index is 863. The predicted octanol–water partition coefficient (Wildman–Crippen LogP) is 6.39. The fourth-order valence-electron chi connectivity index (χ4n) is 2.74. The molecule has 0 radical (unpaired) electrons. The first kappa shape index (κ1) is 14.7. The summed E-state index contributed by atoms with van der Waals surface area (Å²) in [6, 6.07) is 23.1. The van der Waals surface area contributed by atoms with E-state index in [1.807, 2.05) is 12.1 Å². The molecule has 0 saturated heterocycles. The Hall–Kier alpha value is -1.91. The first-order valence-electron chi connectivity index (χ1n) is 7.27. The Morgan fingerprint density at radius 3 is 2.39 bits per heavy atom. The van der Waals surface area contributed by atoms with Crippen LogP contribution in [-0.2, 0) is 0 Å². The Morgan fingerprint density at radius 2 is 1.61 bits per heavy atom. The van der Waals surface area contributed by atoms with Gasteiger partial charge in [0.15, 0.2) is 0 Å². The molecule has 1 heterocycles. The highest BCUT2D eigenvalue weighted by Gasteiger charge is 2.24. The molecule has 0 amide bonds. The van der Waals surface area contributed by atoms with Gasteiger partial charge in [0.05, 0.1) is 18.5 Å². The summed E-state index contributed by atoms with van der Waals surface area (Å²) in [6.07, 6.45) is 0. The molecule has 0 unspecified atom stereocenters. The summed E-state index contributed by atoms with van der Waals surface area (Å²) in [5.41, 5.74) is 3.53. The molecule has 0 N–H and O–H groups in total. The van der Waals surface area contributed by atoms with E-state index in [2.05, 4.69) is 75.4 Å². The lowest BCUT2D eigenvalue weighted by molar-refractivity contribution is 0.415. The number of hydrogen-bond donors (Lipinski definition) is 0. The third-order valence-electron chi connectivity index (χ3n) is 3.82. The molecule has 0 atom stereocenters. The van der Waals surface area contributed by atoms with Crippen LogP contribution in [0, 0.1) is 0 Å². The maximum atomic E-state index is 5.28. The minimum atomic E-state index is 0.865. The number of benzene rings is 3. The number of anilines is 3. The Labute approximate surface area is 148 Å². The number of rotatable bonds is 2. The van der Waals surface area contributed by atoms with Crippen molar-refractivity contribution in [3.8, 4) is 5.75 Å². The van der Waals surface area contributed by atoms with Crippen LogP contribution in [0.25, 0.3) is 0 Å². The number of para-hydroxylation sites is 1. The van der Waals surface area contributed by atoms with Crippen molar-refractivity contribution in [1.29, 1.82) is 0 Å². The summed E-state index contributed by atoms with van der Waals surface area (Å²) in [7, 11) is 1.69. The quantitative estimate of drug-likeness (QED) is 0.397. The predicted molar refractivity (Wildman–Crippen MR) is 99.5 cm³/mol. The van der Waals surface area contributed by atoms with Crippen LogP contribution in [0.1, 0.15) is 0 Å². The largest absolute Gasteiger partial charge is 0.497 e. The van der Waals surface area contributed by atoms with Gasteiger partial charge in [-0.3, -0.25) is 0 Å². The lowest BCUT2D eigenvalue weighted by atomic mass is 10.2. The summed E-state index contributed by atoms with van der Waals surface area (Å²) < 4.78 is 6.38. The Kier molecular flexibility index (Phi) is 3.79. The molecule has 0 spiro atoms. The summed E-state index contributed by atoms with van der Waals surface area (Å²) in [6.45, 7) is 0. The highest BCUT2D eigenvalue weighted by atomic mass is 79.9. The van der Waals surface area contributed by atoms with Crippen LogP contribution in [-0.4, -0.2) is 7.11 Å². The second-order valence-electron chi connectivity index (χ2n) is 5.22. The molecule has 23 heavy (non-hydrogen) atoms. The number of ether oxygens (including phenoxy) is 1. The van der Waals surface area contributed by atoms with Gasteiger partial charge >= 0.3 is 0 Å². The third kappa shape index (κ3) is 2.62. The van der Waals surface area contributed by atoms with Gasteiger partial charge in [-0.15, -0.1) is 0 Å². The van der Waals surface area contributed by atoms with E-state index in [0.29, 0.717) is 0 Å². The van der Waals surface area contributed by atoms with E-state index >= 15 is 0 Å². The Morgan fingerprint density at radius 1 is 0.870 bits per heavy atom. The van der Waals surface area contributed by atoms with Gasteiger partial charge in [0, 0.05) is 20.0 Å². The van der Waals surface area contributed by atoms with Gasteiger partial charge in [0.1, 0.15) is 5.75 Å². The van der Waals surface area contributed by atoms with Crippen LogP contribution in [0.3, 0.4) is 0 Å². The zero-order valence-corrected chi connectivity index (χ0v) is 14.9. The van der Waals surface area contributed by atoms with E-state index in [1.54, 1.807) is 18.9 Å². The van der Waals surface area contributed by atoms with Gasteiger partial charge in [-0.25, -0.2) is 0 Å². The van der Waals surface area contributed by atoms with Crippen molar-refractivity contribution in [3.05, 3.63) is 71.2 Å². The van der Waals surface area contributed by atoms with E-state index in [-0.39, 0.29) is 0 Å². The van der Waals surface area contributed by atoms with Crippen LogP contribution in [0.15, 0.2) is 81.0 Å². The van der Waals surface area contributed by atoms with Gasteiger partial charge < -0.3 is 9.64 Å². The van der Waals surface area contributed by atoms with Crippen LogP contribution in [0.2, 0.25) is 0 Å². The minimum Gasteiger partial charge on any atom is -0.497 e. The number of fused-ring (bicyclic) bond motifs is 2. The van der Waals surface area contributed by atoms with Crippen molar-refractivity contribution >= 4 is 44.8 Å². The van der Waals surface area contributed by atoms with E-state index in [1.165, 1.54) is 21.2 Å². The number of nitrogens with zero attached hydrogens (tertiary/aromatic N) is 1. The highest BCUT2D eigenvalue weighted by molar-refractivity contribution is 9.10. The van der Waals surface area contributed by atoms with Crippen LogP contribution < -0.4 is 9.64 Å². The summed E-state index contributed by atoms with van der Waals surface area (Å²) in [5, 5.41) is 0. The molecule has 114 valence electrons. The first-order chi connectivity index (χ1) is 11.3. The SMILES string of the molecule is COc1ccc(N2c3ccccc3Sc3cc(Br)ccc32)cc1. The van der Waals surface area contributed by atoms with Crippen molar-refractivity contribution in [1.82, 2.24) is 0 Å². The zero-order chi connectivity index (χ0) is 15.8. The maximum absolute atomic E-state index is 5.28. The highest BCUT2D eigenvalue weighted by Crippen LogP contribution is 2.51. The fraction of sp³-hybridized carbons (Fsp3) is 0.0526. The summed E-state index contributed by atoms with van der Waals surface area (Å²) >= 11 is 5.38. The van der Waals surface area contributed by atoms with Crippen molar-refractivity contribution < 1.29 is 4.74 Å². The van der Waals surface area contributed by atoms with Gasteiger partial charge in [-0.1, -0.05) is 39.8 Å². The monoisotopic (exact) mass is 383 g/mol. The molecule has 0 bridgehead atoms. The lowest BCUT2D eigenvalue weighted by Gasteiger charge is -2.33. The van der Waals surface area contributed by atoms with Crippen molar-refractivity contribution in [3.63, 3.8) is 0 Å². The summed E-state index contributed by atoms with van der Waals surface area (Å²) in [4.78, 5) is 4.80. The third-order valence-corrected chi connectivity index (χ3v) is 5.42. The first-order valence-corrected chi connectivity index (χ1v) is 8.88. The van der Waals surface area contributed by atoms with E-state index in [0.717, 1.165) is 15.9 Å². The smallest absolute Gasteiger partial charge is 0.119 e. The average molecular weight is 384 g/mol. The second-order valence-corrected chi connectivity index (χ2v) is 7.21.